The summed E-state index contributed by atoms with van der Waals surface area (Å²) in [6, 6.07) is 5.83. The van der Waals surface area contributed by atoms with Crippen LogP contribution in [0.25, 0.3) is 0 Å². The van der Waals surface area contributed by atoms with Gasteiger partial charge in [-0.2, -0.15) is 0 Å². The van der Waals surface area contributed by atoms with Crippen LogP contribution in [-0.2, 0) is 6.42 Å². The predicted octanol–water partition coefficient (Wildman–Crippen LogP) is 2.15. The minimum Gasteiger partial charge on any atom is -0.391 e. The normalized spacial score (nSPS) is 18.7. The standard InChI is InChI=1S/C15H24N2O/c18-15(10-14-8-4-5-9-17-14)12-16-11-13-6-2-1-3-7-13/h4-5,8-9,13,15-16,18H,1-3,6-7,10-12H2/t15-/m0/s1. The van der Waals surface area contributed by atoms with Crippen LogP contribution in [0.4, 0.5) is 0 Å². The summed E-state index contributed by atoms with van der Waals surface area (Å²) in [7, 11) is 0. The molecule has 1 aromatic heterocycles. The average Bonchev–Trinajstić information content (AvgIpc) is 2.41. The lowest BCUT2D eigenvalue weighted by Gasteiger charge is -2.22. The van der Waals surface area contributed by atoms with Crippen molar-refractivity contribution in [1.29, 1.82) is 0 Å². The number of pyridine rings is 1. The van der Waals surface area contributed by atoms with Gasteiger partial charge in [-0.1, -0.05) is 25.3 Å². The lowest BCUT2D eigenvalue weighted by molar-refractivity contribution is 0.167. The summed E-state index contributed by atoms with van der Waals surface area (Å²) in [4.78, 5) is 4.23. The van der Waals surface area contributed by atoms with E-state index in [0.717, 1.165) is 18.2 Å². The van der Waals surface area contributed by atoms with Crippen LogP contribution < -0.4 is 5.32 Å². The van der Waals surface area contributed by atoms with Gasteiger partial charge in [-0.05, 0) is 37.4 Å². The van der Waals surface area contributed by atoms with Gasteiger partial charge in [0.2, 0.25) is 0 Å². The van der Waals surface area contributed by atoms with Crippen LogP contribution in [0.15, 0.2) is 24.4 Å². The number of hydrogen-bond acceptors (Lipinski definition) is 3. The summed E-state index contributed by atoms with van der Waals surface area (Å²) in [6.07, 6.45) is 8.94. The van der Waals surface area contributed by atoms with Crippen molar-refractivity contribution >= 4 is 0 Å². The van der Waals surface area contributed by atoms with E-state index in [0.29, 0.717) is 13.0 Å². The van der Waals surface area contributed by atoms with Crippen molar-refractivity contribution in [2.24, 2.45) is 5.92 Å². The first-order chi connectivity index (χ1) is 8.84. The summed E-state index contributed by atoms with van der Waals surface area (Å²) in [5, 5.41) is 13.3. The van der Waals surface area contributed by atoms with E-state index < -0.39 is 0 Å². The molecule has 1 heterocycles. The Hall–Kier alpha value is -0.930. The number of nitrogens with one attached hydrogen (secondary N) is 1. The molecule has 2 N–H and O–H groups in total. The maximum atomic E-state index is 9.93. The van der Waals surface area contributed by atoms with Crippen LogP contribution in [0.1, 0.15) is 37.8 Å². The van der Waals surface area contributed by atoms with E-state index in [1.807, 2.05) is 18.2 Å². The Kier molecular flexibility index (Phi) is 5.62. The molecule has 0 radical (unpaired) electrons. The smallest absolute Gasteiger partial charge is 0.0719 e. The maximum Gasteiger partial charge on any atom is 0.0719 e. The van der Waals surface area contributed by atoms with E-state index >= 15 is 0 Å². The first-order valence-corrected chi connectivity index (χ1v) is 7.13. The molecule has 18 heavy (non-hydrogen) atoms. The topological polar surface area (TPSA) is 45.1 Å². The summed E-state index contributed by atoms with van der Waals surface area (Å²) < 4.78 is 0. The Balaban J connectivity index is 1.61. The molecule has 0 aliphatic heterocycles. The Bertz CT molecular complexity index is 323. The zero-order valence-electron chi connectivity index (χ0n) is 11.0. The number of aromatic nitrogens is 1. The van der Waals surface area contributed by atoms with Crippen LogP contribution in [0.2, 0.25) is 0 Å². The molecule has 0 aromatic carbocycles. The molecule has 0 spiro atoms. The highest BCUT2D eigenvalue weighted by molar-refractivity contribution is 5.04. The van der Waals surface area contributed by atoms with Crippen molar-refractivity contribution in [1.82, 2.24) is 10.3 Å². The number of hydrogen-bond donors (Lipinski definition) is 2. The Morgan fingerprint density at radius 1 is 1.28 bits per heavy atom. The number of nitrogens with zero attached hydrogens (tertiary/aromatic N) is 1. The second-order valence-electron chi connectivity index (χ2n) is 5.34. The van der Waals surface area contributed by atoms with Crippen molar-refractivity contribution in [3.05, 3.63) is 30.1 Å². The highest BCUT2D eigenvalue weighted by Gasteiger charge is 2.13. The first-order valence-electron chi connectivity index (χ1n) is 7.13. The van der Waals surface area contributed by atoms with E-state index in [2.05, 4.69) is 10.3 Å². The van der Waals surface area contributed by atoms with Gasteiger partial charge in [0.25, 0.3) is 0 Å². The third kappa shape index (κ3) is 4.75. The first kappa shape index (κ1) is 13.5. The highest BCUT2D eigenvalue weighted by Crippen LogP contribution is 2.22. The second-order valence-corrected chi connectivity index (χ2v) is 5.34. The van der Waals surface area contributed by atoms with E-state index in [-0.39, 0.29) is 6.10 Å². The average molecular weight is 248 g/mol. The number of rotatable bonds is 6. The molecule has 1 aromatic rings. The summed E-state index contributed by atoms with van der Waals surface area (Å²) in [5.74, 6) is 0.820. The zero-order valence-corrected chi connectivity index (χ0v) is 11.0. The molecule has 2 rings (SSSR count). The van der Waals surface area contributed by atoms with Gasteiger partial charge in [-0.15, -0.1) is 0 Å². The van der Waals surface area contributed by atoms with Gasteiger partial charge >= 0.3 is 0 Å². The quantitative estimate of drug-likeness (QED) is 0.811. The van der Waals surface area contributed by atoms with Crippen LogP contribution in [-0.4, -0.2) is 29.3 Å². The van der Waals surface area contributed by atoms with Gasteiger partial charge in [0.15, 0.2) is 0 Å². The van der Waals surface area contributed by atoms with E-state index in [1.165, 1.54) is 32.1 Å². The van der Waals surface area contributed by atoms with Crippen LogP contribution >= 0.6 is 0 Å². The van der Waals surface area contributed by atoms with Crippen molar-refractivity contribution < 1.29 is 5.11 Å². The fourth-order valence-corrected chi connectivity index (χ4v) is 2.68. The van der Waals surface area contributed by atoms with E-state index in [1.54, 1.807) is 6.20 Å². The highest BCUT2D eigenvalue weighted by atomic mass is 16.3. The SMILES string of the molecule is O[C@H](CNCC1CCCCC1)Cc1ccccn1. The molecule has 0 saturated heterocycles. The summed E-state index contributed by atoms with van der Waals surface area (Å²) in [5.41, 5.74) is 0.962. The molecule has 1 saturated carbocycles. The molecule has 1 aliphatic carbocycles. The van der Waals surface area contributed by atoms with Crippen LogP contribution in [0, 0.1) is 5.92 Å². The summed E-state index contributed by atoms with van der Waals surface area (Å²) in [6.45, 7) is 1.73. The van der Waals surface area contributed by atoms with Crippen molar-refractivity contribution in [3.63, 3.8) is 0 Å². The molecule has 1 atom stereocenters. The minimum atomic E-state index is -0.330. The van der Waals surface area contributed by atoms with Gasteiger partial charge in [0, 0.05) is 24.9 Å². The van der Waals surface area contributed by atoms with Crippen molar-refractivity contribution in [2.75, 3.05) is 13.1 Å². The van der Waals surface area contributed by atoms with E-state index in [9.17, 15) is 5.11 Å². The van der Waals surface area contributed by atoms with Gasteiger partial charge < -0.3 is 10.4 Å². The monoisotopic (exact) mass is 248 g/mol. The Morgan fingerprint density at radius 3 is 2.83 bits per heavy atom. The third-order valence-corrected chi connectivity index (χ3v) is 3.71. The fraction of sp³-hybridized carbons (Fsp3) is 0.667. The molecule has 3 nitrogen and oxygen atoms in total. The molecule has 0 unspecified atom stereocenters. The van der Waals surface area contributed by atoms with Crippen LogP contribution in [0.3, 0.4) is 0 Å². The van der Waals surface area contributed by atoms with E-state index in [4.69, 9.17) is 0 Å². The fourth-order valence-electron chi connectivity index (χ4n) is 2.68. The second kappa shape index (κ2) is 7.49. The maximum absolute atomic E-state index is 9.93. The van der Waals surface area contributed by atoms with Gasteiger partial charge in [0.1, 0.15) is 0 Å². The molecular formula is C15H24N2O. The van der Waals surface area contributed by atoms with Crippen molar-refractivity contribution in [2.45, 2.75) is 44.6 Å². The molecule has 1 fully saturated rings. The molecule has 0 amide bonds. The molecule has 3 heteroatoms. The number of aliphatic hydroxyl groups is 1. The predicted molar refractivity (Wildman–Crippen MR) is 73.4 cm³/mol. The molecular weight excluding hydrogens is 224 g/mol. The number of aliphatic hydroxyl groups excluding tert-OH is 1. The lowest BCUT2D eigenvalue weighted by Crippen LogP contribution is -2.32. The summed E-state index contributed by atoms with van der Waals surface area (Å²) >= 11 is 0. The lowest BCUT2D eigenvalue weighted by atomic mass is 9.89. The molecule has 100 valence electrons. The molecule has 1 aliphatic rings. The van der Waals surface area contributed by atoms with Gasteiger partial charge in [-0.3, -0.25) is 4.98 Å². The van der Waals surface area contributed by atoms with Crippen LogP contribution in [0.5, 0.6) is 0 Å². The zero-order chi connectivity index (χ0) is 12.6. The minimum absolute atomic E-state index is 0.330. The third-order valence-electron chi connectivity index (χ3n) is 3.71. The largest absolute Gasteiger partial charge is 0.391 e. The molecule has 0 bridgehead atoms. The Labute approximate surface area is 110 Å². The van der Waals surface area contributed by atoms with Crippen molar-refractivity contribution in [3.8, 4) is 0 Å². The van der Waals surface area contributed by atoms with Gasteiger partial charge in [0.05, 0.1) is 6.10 Å². The Morgan fingerprint density at radius 2 is 2.11 bits per heavy atom. The van der Waals surface area contributed by atoms with Gasteiger partial charge in [-0.25, -0.2) is 0 Å².